The van der Waals surface area contributed by atoms with Crippen molar-refractivity contribution < 1.29 is 15.0 Å². The Morgan fingerprint density at radius 2 is 1.70 bits per heavy atom. The van der Waals surface area contributed by atoms with Crippen LogP contribution in [-0.4, -0.2) is 31.2 Å². The number of phenols is 1. The second-order valence-electron chi connectivity index (χ2n) is 7.84. The van der Waals surface area contributed by atoms with Crippen LogP contribution in [0.4, 0.5) is 0 Å². The fraction of sp³-hybridized carbons (Fsp3) is 0.381. The highest BCUT2D eigenvalue weighted by Crippen LogP contribution is 2.36. The summed E-state index contributed by atoms with van der Waals surface area (Å²) in [6, 6.07) is 11.5. The number of carboxylic acids is 1. The number of phenolic OH excluding ortho intramolecular Hbond substituents is 1. The van der Waals surface area contributed by atoms with Crippen molar-refractivity contribution in [2.75, 3.05) is 0 Å². The molecule has 6 nitrogen and oxygen atoms in total. The quantitative estimate of drug-likeness (QED) is 0.637. The number of unbranched alkanes of at least 4 members (excludes halogenated alkanes) is 1. The van der Waals surface area contributed by atoms with E-state index in [1.165, 1.54) is 4.80 Å². The number of rotatable bonds is 6. The lowest BCUT2D eigenvalue weighted by atomic mass is 9.84. The molecule has 0 aliphatic carbocycles. The van der Waals surface area contributed by atoms with E-state index in [0.717, 1.165) is 35.0 Å². The lowest BCUT2D eigenvalue weighted by molar-refractivity contribution is -0.137. The van der Waals surface area contributed by atoms with Gasteiger partial charge in [-0.15, -0.1) is 15.0 Å². The van der Waals surface area contributed by atoms with Crippen molar-refractivity contribution >= 4 is 17.0 Å². The molecule has 0 atom stereocenters. The predicted octanol–water partition coefficient (Wildman–Crippen LogP) is 4.22. The zero-order valence-corrected chi connectivity index (χ0v) is 15.9. The molecule has 142 valence electrons. The van der Waals surface area contributed by atoms with Crippen molar-refractivity contribution in [3.05, 3.63) is 47.5 Å². The van der Waals surface area contributed by atoms with Crippen LogP contribution in [0, 0.1) is 0 Å². The van der Waals surface area contributed by atoms with Crippen LogP contribution < -0.4 is 0 Å². The van der Waals surface area contributed by atoms with E-state index in [0.29, 0.717) is 12.1 Å². The van der Waals surface area contributed by atoms with Crippen LogP contribution in [0.15, 0.2) is 36.4 Å². The summed E-state index contributed by atoms with van der Waals surface area (Å²) in [6.45, 7) is 6.15. The molecule has 0 aliphatic rings. The van der Waals surface area contributed by atoms with Gasteiger partial charge in [0.2, 0.25) is 0 Å². The fourth-order valence-electron chi connectivity index (χ4n) is 3.12. The average molecular weight is 367 g/mol. The van der Waals surface area contributed by atoms with E-state index in [9.17, 15) is 9.90 Å². The molecule has 0 unspecified atom stereocenters. The number of fused-ring (bicyclic) bond motifs is 1. The number of aryl methyl sites for hydroxylation is 1. The van der Waals surface area contributed by atoms with Crippen LogP contribution in [0.5, 0.6) is 5.75 Å². The van der Waals surface area contributed by atoms with Crippen LogP contribution in [0.3, 0.4) is 0 Å². The minimum atomic E-state index is -0.774. The van der Waals surface area contributed by atoms with E-state index in [1.807, 2.05) is 57.2 Å². The molecule has 2 N–H and O–H groups in total. The van der Waals surface area contributed by atoms with Crippen LogP contribution >= 0.6 is 0 Å². The molecule has 0 fully saturated rings. The Hall–Kier alpha value is -2.89. The van der Waals surface area contributed by atoms with Crippen molar-refractivity contribution in [1.82, 2.24) is 15.0 Å². The minimum Gasteiger partial charge on any atom is -0.505 e. The van der Waals surface area contributed by atoms with Crippen LogP contribution in [0.2, 0.25) is 0 Å². The first-order chi connectivity index (χ1) is 12.8. The highest BCUT2D eigenvalue weighted by atomic mass is 16.4. The number of hydrogen-bond donors (Lipinski definition) is 2. The van der Waals surface area contributed by atoms with Crippen molar-refractivity contribution in [2.24, 2.45) is 0 Å². The molecule has 6 heteroatoms. The van der Waals surface area contributed by atoms with Gasteiger partial charge < -0.3 is 10.2 Å². The number of nitrogens with zero attached hydrogens (tertiary/aromatic N) is 3. The molecule has 0 amide bonds. The standard InChI is InChI=1S/C21H25N3O3/c1-21(2,3)15-12-14(8-4-7-11-19(25)26)13-18(20(15)27)24-22-16-9-5-6-10-17(16)23-24/h5-6,9-10,12-13,27H,4,7-8,11H2,1-3H3,(H,25,26). The van der Waals surface area contributed by atoms with Crippen molar-refractivity contribution in [1.29, 1.82) is 0 Å². The molecule has 2 aromatic carbocycles. The summed E-state index contributed by atoms with van der Waals surface area (Å²) >= 11 is 0. The lowest BCUT2D eigenvalue weighted by Gasteiger charge is -2.23. The van der Waals surface area contributed by atoms with Gasteiger partial charge in [0.05, 0.1) is 0 Å². The Morgan fingerprint density at radius 1 is 1.07 bits per heavy atom. The number of hydrogen-bond acceptors (Lipinski definition) is 4. The largest absolute Gasteiger partial charge is 0.505 e. The van der Waals surface area contributed by atoms with Gasteiger partial charge in [0.15, 0.2) is 0 Å². The Bertz CT molecular complexity index is 937. The highest BCUT2D eigenvalue weighted by molar-refractivity contribution is 5.73. The van der Waals surface area contributed by atoms with E-state index in [4.69, 9.17) is 5.11 Å². The molecular weight excluding hydrogens is 342 g/mol. The highest BCUT2D eigenvalue weighted by Gasteiger charge is 2.23. The third-order valence-electron chi connectivity index (χ3n) is 4.57. The normalized spacial score (nSPS) is 11.8. The third-order valence-corrected chi connectivity index (χ3v) is 4.57. The molecule has 0 saturated carbocycles. The van der Waals surface area contributed by atoms with Crippen molar-refractivity contribution in [3.8, 4) is 11.4 Å². The van der Waals surface area contributed by atoms with Gasteiger partial charge in [-0.1, -0.05) is 39.0 Å². The molecule has 0 saturated heterocycles. The number of aliphatic carboxylic acids is 1. The monoisotopic (exact) mass is 367 g/mol. The molecule has 0 bridgehead atoms. The number of carboxylic acid groups (broad SMARTS) is 1. The summed E-state index contributed by atoms with van der Waals surface area (Å²) in [5.41, 5.74) is 3.70. The number of benzene rings is 2. The maximum absolute atomic E-state index is 10.9. The summed E-state index contributed by atoms with van der Waals surface area (Å²) in [5, 5.41) is 28.7. The second-order valence-corrected chi connectivity index (χ2v) is 7.84. The lowest BCUT2D eigenvalue weighted by Crippen LogP contribution is -2.14. The average Bonchev–Trinajstić information content (AvgIpc) is 3.02. The Balaban J connectivity index is 2.00. The first-order valence-corrected chi connectivity index (χ1v) is 9.16. The maximum Gasteiger partial charge on any atom is 0.303 e. The predicted molar refractivity (Wildman–Crippen MR) is 104 cm³/mol. The molecule has 0 spiro atoms. The molecule has 1 heterocycles. The van der Waals surface area contributed by atoms with E-state index in [1.54, 1.807) is 0 Å². The van der Waals surface area contributed by atoms with Crippen LogP contribution in [0.1, 0.15) is 51.2 Å². The van der Waals surface area contributed by atoms with E-state index < -0.39 is 5.97 Å². The first-order valence-electron chi connectivity index (χ1n) is 9.16. The first kappa shape index (κ1) is 18.9. The molecular formula is C21H25N3O3. The Kier molecular flexibility index (Phi) is 5.17. The van der Waals surface area contributed by atoms with Gasteiger partial charge in [0.1, 0.15) is 22.5 Å². The molecule has 3 rings (SSSR count). The van der Waals surface area contributed by atoms with E-state index >= 15 is 0 Å². The SMILES string of the molecule is CC(C)(C)c1cc(CCCCC(=O)O)cc(-n2nc3ccccc3n2)c1O. The van der Waals surface area contributed by atoms with Gasteiger partial charge in [-0.25, -0.2) is 0 Å². The second kappa shape index (κ2) is 7.39. The van der Waals surface area contributed by atoms with Crippen molar-refractivity contribution in [2.45, 2.75) is 51.9 Å². The third kappa shape index (κ3) is 4.27. The minimum absolute atomic E-state index is 0.170. The Labute approximate surface area is 158 Å². The molecule has 0 radical (unpaired) electrons. The van der Waals surface area contributed by atoms with Gasteiger partial charge in [-0.2, -0.15) is 0 Å². The van der Waals surface area contributed by atoms with Crippen LogP contribution in [-0.2, 0) is 16.6 Å². The number of carbonyl (C=O) groups is 1. The van der Waals surface area contributed by atoms with Gasteiger partial charge in [-0.05, 0) is 48.4 Å². The summed E-state index contributed by atoms with van der Waals surface area (Å²) in [5.74, 6) is -0.596. The van der Waals surface area contributed by atoms with Crippen LogP contribution in [0.25, 0.3) is 16.7 Å². The topological polar surface area (TPSA) is 88.2 Å². The summed E-state index contributed by atoms with van der Waals surface area (Å²) in [6.07, 6.45) is 2.31. The summed E-state index contributed by atoms with van der Waals surface area (Å²) in [7, 11) is 0. The van der Waals surface area contributed by atoms with E-state index in [-0.39, 0.29) is 17.6 Å². The van der Waals surface area contributed by atoms with E-state index in [2.05, 4.69) is 10.2 Å². The molecule has 1 aromatic heterocycles. The van der Waals surface area contributed by atoms with Crippen molar-refractivity contribution in [3.63, 3.8) is 0 Å². The number of aromatic hydroxyl groups is 1. The molecule has 27 heavy (non-hydrogen) atoms. The maximum atomic E-state index is 10.9. The van der Waals surface area contributed by atoms with Gasteiger partial charge >= 0.3 is 5.97 Å². The zero-order chi connectivity index (χ0) is 19.6. The summed E-state index contributed by atoms with van der Waals surface area (Å²) in [4.78, 5) is 12.2. The smallest absolute Gasteiger partial charge is 0.303 e. The molecule has 0 aliphatic heterocycles. The fourth-order valence-corrected chi connectivity index (χ4v) is 3.12. The number of aromatic nitrogens is 3. The zero-order valence-electron chi connectivity index (χ0n) is 15.9. The van der Waals surface area contributed by atoms with Gasteiger partial charge in [-0.3, -0.25) is 4.79 Å². The summed E-state index contributed by atoms with van der Waals surface area (Å²) < 4.78 is 0. The molecule has 3 aromatic rings. The Morgan fingerprint density at radius 3 is 2.26 bits per heavy atom. The van der Waals surface area contributed by atoms with Gasteiger partial charge in [0, 0.05) is 12.0 Å². The van der Waals surface area contributed by atoms with Gasteiger partial charge in [0.25, 0.3) is 0 Å².